The quantitative estimate of drug-likeness (QED) is 0.594. The topological polar surface area (TPSA) is 117 Å². The molecule has 5 rings (SSSR count). The van der Waals surface area contributed by atoms with Crippen LogP contribution in [-0.2, 0) is 16.0 Å². The van der Waals surface area contributed by atoms with Crippen LogP contribution in [0.2, 0.25) is 0 Å². The molecule has 164 valence electrons. The minimum absolute atomic E-state index is 0.193. The Labute approximate surface area is 177 Å². The lowest BCUT2D eigenvalue weighted by Gasteiger charge is -2.33. The highest BCUT2D eigenvalue weighted by molar-refractivity contribution is 5.83. The third kappa shape index (κ3) is 3.87. The van der Waals surface area contributed by atoms with Gasteiger partial charge < -0.3 is 23.9 Å². The van der Waals surface area contributed by atoms with Crippen LogP contribution in [0.5, 0.6) is 11.5 Å². The molecule has 2 aliphatic rings. The zero-order valence-corrected chi connectivity index (χ0v) is 17.2. The van der Waals surface area contributed by atoms with Crippen molar-refractivity contribution in [3.8, 4) is 11.5 Å². The lowest BCUT2D eigenvalue weighted by molar-refractivity contribution is 0.0211. The predicted molar refractivity (Wildman–Crippen MR) is 109 cm³/mol. The number of tetrazole rings is 1. The lowest BCUT2D eigenvalue weighted by Crippen LogP contribution is -2.42. The maximum absolute atomic E-state index is 13.2. The van der Waals surface area contributed by atoms with Crippen molar-refractivity contribution in [1.29, 1.82) is 0 Å². The van der Waals surface area contributed by atoms with E-state index in [-0.39, 0.29) is 5.56 Å². The zero-order chi connectivity index (χ0) is 21.2. The fraction of sp³-hybridized carbons (Fsp3) is 0.500. The summed E-state index contributed by atoms with van der Waals surface area (Å²) in [7, 11) is 1.63. The summed E-state index contributed by atoms with van der Waals surface area (Å²) < 4.78 is 23.8. The predicted octanol–water partition coefficient (Wildman–Crippen LogP) is 0.354. The van der Waals surface area contributed by atoms with Gasteiger partial charge >= 0.3 is 0 Å². The van der Waals surface area contributed by atoms with Gasteiger partial charge in [-0.05, 0) is 22.6 Å². The lowest BCUT2D eigenvalue weighted by atomic mass is 10.0. The van der Waals surface area contributed by atoms with E-state index in [0.29, 0.717) is 81.1 Å². The molecular formula is C20H24N6O5. The minimum atomic E-state index is -0.419. The van der Waals surface area contributed by atoms with Gasteiger partial charge in [-0.25, -0.2) is 4.68 Å². The number of aromatic amines is 1. The molecule has 2 aliphatic heterocycles. The fourth-order valence-electron chi connectivity index (χ4n) is 4.04. The zero-order valence-electron chi connectivity index (χ0n) is 17.2. The Morgan fingerprint density at radius 1 is 1.13 bits per heavy atom. The van der Waals surface area contributed by atoms with E-state index in [2.05, 4.69) is 25.4 Å². The van der Waals surface area contributed by atoms with Crippen LogP contribution in [0, 0.1) is 0 Å². The number of morpholine rings is 1. The van der Waals surface area contributed by atoms with E-state index in [4.69, 9.17) is 18.9 Å². The number of ether oxygens (including phenoxy) is 4. The molecule has 2 aromatic heterocycles. The van der Waals surface area contributed by atoms with Gasteiger partial charge in [-0.3, -0.25) is 9.69 Å². The van der Waals surface area contributed by atoms with Crippen molar-refractivity contribution in [3.63, 3.8) is 0 Å². The van der Waals surface area contributed by atoms with Crippen molar-refractivity contribution in [2.75, 3.05) is 53.2 Å². The maximum Gasteiger partial charge on any atom is 0.253 e. The number of nitrogens with one attached hydrogen (secondary N) is 1. The number of fused-ring (bicyclic) bond motifs is 2. The first-order valence-corrected chi connectivity index (χ1v) is 10.3. The maximum atomic E-state index is 13.2. The highest BCUT2D eigenvalue weighted by atomic mass is 16.6. The number of H-pyrrole nitrogens is 1. The Balaban J connectivity index is 1.62. The van der Waals surface area contributed by atoms with Crippen LogP contribution < -0.4 is 15.0 Å². The van der Waals surface area contributed by atoms with Crippen LogP contribution >= 0.6 is 0 Å². The van der Waals surface area contributed by atoms with Crippen molar-refractivity contribution >= 4 is 10.9 Å². The monoisotopic (exact) mass is 428 g/mol. The number of benzene rings is 1. The van der Waals surface area contributed by atoms with Crippen molar-refractivity contribution in [3.05, 3.63) is 39.9 Å². The largest absolute Gasteiger partial charge is 0.486 e. The van der Waals surface area contributed by atoms with Crippen LogP contribution in [0.3, 0.4) is 0 Å². The molecule has 11 heteroatoms. The van der Waals surface area contributed by atoms with Crippen LogP contribution in [0.15, 0.2) is 23.0 Å². The Morgan fingerprint density at radius 3 is 2.68 bits per heavy atom. The Hall–Kier alpha value is -3.02. The number of hydrogen-bond donors (Lipinski definition) is 1. The smallest absolute Gasteiger partial charge is 0.253 e. The fourth-order valence-corrected chi connectivity index (χ4v) is 4.04. The molecule has 1 N–H and O–H groups in total. The summed E-state index contributed by atoms with van der Waals surface area (Å²) in [5.41, 5.74) is 1.07. The molecule has 1 atom stereocenters. The molecule has 1 aromatic carbocycles. The summed E-state index contributed by atoms with van der Waals surface area (Å²) in [6, 6.07) is 5.17. The van der Waals surface area contributed by atoms with Crippen molar-refractivity contribution in [2.45, 2.75) is 12.6 Å². The van der Waals surface area contributed by atoms with E-state index in [1.54, 1.807) is 17.9 Å². The van der Waals surface area contributed by atoms with E-state index >= 15 is 0 Å². The molecule has 3 aromatic rings. The van der Waals surface area contributed by atoms with Gasteiger partial charge in [-0.15, -0.1) is 5.10 Å². The molecular weight excluding hydrogens is 404 g/mol. The van der Waals surface area contributed by atoms with Crippen LogP contribution in [0.1, 0.15) is 17.4 Å². The first kappa shape index (κ1) is 19.9. The summed E-state index contributed by atoms with van der Waals surface area (Å²) in [4.78, 5) is 18.4. The van der Waals surface area contributed by atoms with Crippen LogP contribution in [0.4, 0.5) is 0 Å². The summed E-state index contributed by atoms with van der Waals surface area (Å²) in [5.74, 6) is 1.90. The second-order valence-electron chi connectivity index (χ2n) is 7.44. The SMILES string of the molecule is COCCn1nnnc1[C@H](c1cc2cc3c(cc2[nH]c1=O)OCCO3)N1CCOCC1. The highest BCUT2D eigenvalue weighted by Gasteiger charge is 2.31. The molecule has 4 heterocycles. The second-order valence-corrected chi connectivity index (χ2v) is 7.44. The summed E-state index contributed by atoms with van der Waals surface area (Å²) in [5, 5.41) is 13.1. The van der Waals surface area contributed by atoms with Gasteiger partial charge in [-0.1, -0.05) is 0 Å². The van der Waals surface area contributed by atoms with Gasteiger partial charge in [0.1, 0.15) is 19.3 Å². The second kappa shape index (κ2) is 8.61. The summed E-state index contributed by atoms with van der Waals surface area (Å²) >= 11 is 0. The molecule has 11 nitrogen and oxygen atoms in total. The van der Waals surface area contributed by atoms with Crippen molar-refractivity contribution in [1.82, 2.24) is 30.1 Å². The summed E-state index contributed by atoms with van der Waals surface area (Å²) in [6.45, 7) is 4.44. The molecule has 1 fully saturated rings. The molecule has 0 aliphatic carbocycles. The molecule has 1 saturated heterocycles. The third-order valence-electron chi connectivity index (χ3n) is 5.55. The third-order valence-corrected chi connectivity index (χ3v) is 5.55. The number of aromatic nitrogens is 5. The van der Waals surface area contributed by atoms with Gasteiger partial charge in [0.05, 0.1) is 31.9 Å². The Morgan fingerprint density at radius 2 is 1.90 bits per heavy atom. The average molecular weight is 428 g/mol. The Bertz CT molecular complexity index is 1120. The van der Waals surface area contributed by atoms with Gasteiger partial charge in [0, 0.05) is 37.2 Å². The number of hydrogen-bond acceptors (Lipinski definition) is 9. The van der Waals surface area contributed by atoms with Gasteiger partial charge in [-0.2, -0.15) is 0 Å². The number of rotatable bonds is 6. The van der Waals surface area contributed by atoms with Crippen molar-refractivity contribution in [2.24, 2.45) is 0 Å². The van der Waals surface area contributed by atoms with E-state index in [1.807, 2.05) is 12.1 Å². The van der Waals surface area contributed by atoms with Gasteiger partial charge in [0.25, 0.3) is 5.56 Å². The minimum Gasteiger partial charge on any atom is -0.486 e. The molecule has 0 radical (unpaired) electrons. The molecule has 0 spiro atoms. The van der Waals surface area contributed by atoms with E-state index in [1.165, 1.54) is 0 Å². The standard InChI is InChI=1S/C20H24N6O5/c1-28-5-4-26-19(22-23-24-26)18(25-2-6-29-7-3-25)14-10-13-11-16-17(31-9-8-30-16)12-15(13)21-20(14)27/h10-12,18H,2-9H2,1H3,(H,21,27)/t18-/m0/s1. The first-order valence-electron chi connectivity index (χ1n) is 10.3. The number of methoxy groups -OCH3 is 1. The molecule has 0 amide bonds. The van der Waals surface area contributed by atoms with E-state index in [9.17, 15) is 4.79 Å². The Kier molecular flexibility index (Phi) is 5.53. The normalized spacial score (nSPS) is 17.7. The van der Waals surface area contributed by atoms with E-state index in [0.717, 1.165) is 5.39 Å². The van der Waals surface area contributed by atoms with E-state index < -0.39 is 6.04 Å². The summed E-state index contributed by atoms with van der Waals surface area (Å²) in [6.07, 6.45) is 0. The van der Waals surface area contributed by atoms with Crippen LogP contribution in [-0.4, -0.2) is 83.3 Å². The number of pyridine rings is 1. The van der Waals surface area contributed by atoms with Crippen molar-refractivity contribution < 1.29 is 18.9 Å². The average Bonchev–Trinajstić information content (AvgIpc) is 3.26. The van der Waals surface area contributed by atoms with Gasteiger partial charge in [0.15, 0.2) is 17.3 Å². The molecule has 0 bridgehead atoms. The van der Waals surface area contributed by atoms with Gasteiger partial charge in [0.2, 0.25) is 0 Å². The molecule has 0 unspecified atom stereocenters. The van der Waals surface area contributed by atoms with Crippen LogP contribution in [0.25, 0.3) is 10.9 Å². The molecule has 0 saturated carbocycles. The molecule has 31 heavy (non-hydrogen) atoms. The number of nitrogens with zero attached hydrogens (tertiary/aromatic N) is 5. The highest BCUT2D eigenvalue weighted by Crippen LogP contribution is 2.35. The first-order chi connectivity index (χ1) is 15.2.